The molecular formula is C8H16O6. The van der Waals surface area contributed by atoms with Crippen LogP contribution in [0.15, 0.2) is 0 Å². The Morgan fingerprint density at radius 1 is 1.36 bits per heavy atom. The molecule has 2 N–H and O–H groups in total. The van der Waals surface area contributed by atoms with Gasteiger partial charge in [0.2, 0.25) is 0 Å². The number of aliphatic hydroxyl groups excluding tert-OH is 2. The summed E-state index contributed by atoms with van der Waals surface area (Å²) < 4.78 is 19.7. The Kier molecular flexibility index (Phi) is 4.73. The average molecular weight is 208 g/mol. The van der Waals surface area contributed by atoms with Crippen LogP contribution < -0.4 is 0 Å². The standard InChI is InChI=1S/C8H16O6/c1-11-4-14-7-5(9)3-13-8(12-2)6(7)10/h5-10H,3-4H2,1-2H3/t5-,6+,7-,8-/m0/s1. The molecule has 84 valence electrons. The van der Waals surface area contributed by atoms with Gasteiger partial charge in [-0.05, 0) is 0 Å². The van der Waals surface area contributed by atoms with Crippen molar-refractivity contribution in [2.24, 2.45) is 0 Å². The average Bonchev–Trinajstić information content (AvgIpc) is 2.18. The van der Waals surface area contributed by atoms with Crippen molar-refractivity contribution in [3.63, 3.8) is 0 Å². The van der Waals surface area contributed by atoms with Crippen molar-refractivity contribution in [1.29, 1.82) is 0 Å². The highest BCUT2D eigenvalue weighted by atomic mass is 16.7. The smallest absolute Gasteiger partial charge is 0.185 e. The molecular weight excluding hydrogens is 192 g/mol. The highest BCUT2D eigenvalue weighted by Gasteiger charge is 2.39. The first-order chi connectivity index (χ1) is 6.70. The molecule has 0 aromatic heterocycles. The minimum absolute atomic E-state index is 0.00915. The van der Waals surface area contributed by atoms with Gasteiger partial charge in [-0.2, -0.15) is 0 Å². The van der Waals surface area contributed by atoms with E-state index in [0.717, 1.165) is 0 Å². The Labute approximate surface area is 82.3 Å². The maximum Gasteiger partial charge on any atom is 0.185 e. The van der Waals surface area contributed by atoms with Crippen LogP contribution in [-0.2, 0) is 18.9 Å². The van der Waals surface area contributed by atoms with Gasteiger partial charge in [-0.3, -0.25) is 0 Å². The molecule has 0 amide bonds. The van der Waals surface area contributed by atoms with Crippen LogP contribution in [0.3, 0.4) is 0 Å². The van der Waals surface area contributed by atoms with Gasteiger partial charge in [0, 0.05) is 14.2 Å². The molecule has 1 heterocycles. The number of aliphatic hydroxyl groups is 2. The van der Waals surface area contributed by atoms with Gasteiger partial charge in [0.15, 0.2) is 6.29 Å². The van der Waals surface area contributed by atoms with Crippen LogP contribution in [0.25, 0.3) is 0 Å². The predicted molar refractivity (Wildman–Crippen MR) is 45.5 cm³/mol. The van der Waals surface area contributed by atoms with E-state index in [9.17, 15) is 10.2 Å². The van der Waals surface area contributed by atoms with Gasteiger partial charge >= 0.3 is 0 Å². The minimum atomic E-state index is -1.01. The third-order valence-corrected chi connectivity index (χ3v) is 2.04. The molecule has 0 radical (unpaired) electrons. The van der Waals surface area contributed by atoms with E-state index in [4.69, 9.17) is 14.2 Å². The second kappa shape index (κ2) is 5.59. The molecule has 6 heteroatoms. The predicted octanol–water partition coefficient (Wildman–Crippen LogP) is -1.30. The minimum Gasteiger partial charge on any atom is -0.388 e. The summed E-state index contributed by atoms with van der Waals surface area (Å²) >= 11 is 0. The zero-order valence-corrected chi connectivity index (χ0v) is 8.25. The fourth-order valence-corrected chi connectivity index (χ4v) is 1.33. The molecule has 0 bridgehead atoms. The van der Waals surface area contributed by atoms with E-state index >= 15 is 0 Å². The van der Waals surface area contributed by atoms with Crippen molar-refractivity contribution >= 4 is 0 Å². The largest absolute Gasteiger partial charge is 0.388 e. The van der Waals surface area contributed by atoms with Gasteiger partial charge < -0.3 is 29.2 Å². The zero-order chi connectivity index (χ0) is 10.6. The van der Waals surface area contributed by atoms with Gasteiger partial charge in [-0.25, -0.2) is 0 Å². The van der Waals surface area contributed by atoms with Gasteiger partial charge in [-0.15, -0.1) is 0 Å². The first-order valence-electron chi connectivity index (χ1n) is 4.31. The molecule has 0 aromatic rings. The Balaban J connectivity index is 2.49. The summed E-state index contributed by atoms with van der Waals surface area (Å²) in [5.41, 5.74) is 0. The number of methoxy groups -OCH3 is 2. The molecule has 14 heavy (non-hydrogen) atoms. The monoisotopic (exact) mass is 208 g/mol. The van der Waals surface area contributed by atoms with Crippen LogP contribution >= 0.6 is 0 Å². The quantitative estimate of drug-likeness (QED) is 0.559. The molecule has 0 unspecified atom stereocenters. The zero-order valence-electron chi connectivity index (χ0n) is 8.25. The molecule has 4 atom stereocenters. The molecule has 1 rings (SSSR count). The second-order valence-corrected chi connectivity index (χ2v) is 3.03. The maximum absolute atomic E-state index is 9.64. The highest BCUT2D eigenvalue weighted by Crippen LogP contribution is 2.18. The van der Waals surface area contributed by atoms with Crippen molar-refractivity contribution < 1.29 is 29.2 Å². The number of hydrogen-bond acceptors (Lipinski definition) is 6. The Hall–Kier alpha value is -0.240. The lowest BCUT2D eigenvalue weighted by Crippen LogP contribution is -2.54. The summed E-state index contributed by atoms with van der Waals surface area (Å²) in [4.78, 5) is 0. The van der Waals surface area contributed by atoms with Gasteiger partial charge in [0.25, 0.3) is 0 Å². The van der Waals surface area contributed by atoms with Crippen molar-refractivity contribution in [2.45, 2.75) is 24.6 Å². The Bertz CT molecular complexity index is 164. The molecule has 0 saturated carbocycles. The van der Waals surface area contributed by atoms with Gasteiger partial charge in [-0.1, -0.05) is 0 Å². The van der Waals surface area contributed by atoms with Crippen LogP contribution in [0.1, 0.15) is 0 Å². The molecule has 0 spiro atoms. The first-order valence-corrected chi connectivity index (χ1v) is 4.31. The van der Waals surface area contributed by atoms with E-state index in [0.29, 0.717) is 0 Å². The SMILES string of the molecule is COCO[C@@H]1[C@@H](O)[C@@H](OC)OC[C@@H]1O. The molecule has 6 nitrogen and oxygen atoms in total. The number of ether oxygens (including phenoxy) is 4. The first kappa shape index (κ1) is 11.8. The van der Waals surface area contributed by atoms with Crippen LogP contribution in [0.2, 0.25) is 0 Å². The Morgan fingerprint density at radius 3 is 2.64 bits per heavy atom. The van der Waals surface area contributed by atoms with Crippen LogP contribution in [-0.4, -0.2) is 62.4 Å². The van der Waals surface area contributed by atoms with E-state index in [1.807, 2.05) is 0 Å². The second-order valence-electron chi connectivity index (χ2n) is 3.03. The van der Waals surface area contributed by atoms with E-state index in [2.05, 4.69) is 4.74 Å². The van der Waals surface area contributed by atoms with E-state index in [1.165, 1.54) is 14.2 Å². The van der Waals surface area contributed by atoms with E-state index in [1.54, 1.807) is 0 Å². The van der Waals surface area contributed by atoms with E-state index in [-0.39, 0.29) is 13.4 Å². The summed E-state index contributed by atoms with van der Waals surface area (Å²) in [6.45, 7) is 0.0825. The van der Waals surface area contributed by atoms with Crippen molar-refractivity contribution in [2.75, 3.05) is 27.6 Å². The molecule has 1 aliphatic rings. The van der Waals surface area contributed by atoms with Crippen molar-refractivity contribution in [3.05, 3.63) is 0 Å². The number of hydrogen-bond donors (Lipinski definition) is 2. The third-order valence-electron chi connectivity index (χ3n) is 2.04. The molecule has 1 saturated heterocycles. The summed E-state index contributed by atoms with van der Waals surface area (Å²) in [5.74, 6) is 0. The fraction of sp³-hybridized carbons (Fsp3) is 1.00. The highest BCUT2D eigenvalue weighted by molar-refractivity contribution is 4.83. The molecule has 0 aliphatic carbocycles. The maximum atomic E-state index is 9.64. The summed E-state index contributed by atoms with van der Waals surface area (Å²) in [7, 11) is 2.88. The van der Waals surface area contributed by atoms with Crippen molar-refractivity contribution in [3.8, 4) is 0 Å². The lowest BCUT2D eigenvalue weighted by Gasteiger charge is -2.36. The summed E-state index contributed by atoms with van der Waals surface area (Å²) in [6, 6.07) is 0. The topological polar surface area (TPSA) is 77.4 Å². The van der Waals surface area contributed by atoms with Crippen LogP contribution in [0.4, 0.5) is 0 Å². The lowest BCUT2D eigenvalue weighted by molar-refractivity contribution is -0.280. The lowest BCUT2D eigenvalue weighted by atomic mass is 10.1. The summed E-state index contributed by atoms with van der Waals surface area (Å²) in [5, 5.41) is 19.1. The van der Waals surface area contributed by atoms with Gasteiger partial charge in [0.1, 0.15) is 25.1 Å². The van der Waals surface area contributed by atoms with Crippen LogP contribution in [0, 0.1) is 0 Å². The summed E-state index contributed by atoms with van der Waals surface area (Å²) in [6.07, 6.45) is -3.39. The molecule has 1 aliphatic heterocycles. The van der Waals surface area contributed by atoms with Crippen LogP contribution in [0.5, 0.6) is 0 Å². The van der Waals surface area contributed by atoms with Crippen molar-refractivity contribution in [1.82, 2.24) is 0 Å². The normalized spacial score (nSPS) is 38.6. The number of rotatable bonds is 4. The Morgan fingerprint density at radius 2 is 2.07 bits per heavy atom. The molecule has 0 aromatic carbocycles. The van der Waals surface area contributed by atoms with E-state index < -0.39 is 24.6 Å². The third kappa shape index (κ3) is 2.63. The fourth-order valence-electron chi connectivity index (χ4n) is 1.33. The van der Waals surface area contributed by atoms with Gasteiger partial charge in [0.05, 0.1) is 6.61 Å². The molecule has 1 fully saturated rings.